The van der Waals surface area contributed by atoms with Crippen LogP contribution in [0.3, 0.4) is 0 Å². The molecule has 4 rings (SSSR count). The largest absolute Gasteiger partial charge is 0.466 e. The average molecular weight is 447 g/mol. The second-order valence-electron chi connectivity index (χ2n) is 6.57. The van der Waals surface area contributed by atoms with Gasteiger partial charge in [-0.1, -0.05) is 41.6 Å². The Hall–Kier alpha value is -2.29. The lowest BCUT2D eigenvalue weighted by Gasteiger charge is -2.27. The molecule has 0 saturated heterocycles. The van der Waals surface area contributed by atoms with Gasteiger partial charge in [-0.25, -0.2) is 9.48 Å². The van der Waals surface area contributed by atoms with Gasteiger partial charge >= 0.3 is 5.97 Å². The summed E-state index contributed by atoms with van der Waals surface area (Å²) in [5.41, 5.74) is 3.38. The summed E-state index contributed by atoms with van der Waals surface area (Å²) in [5.74, 6) is 0.885. The number of methoxy groups -OCH3 is 1. The number of hydrogen-bond donors (Lipinski definition) is 1. The van der Waals surface area contributed by atoms with Crippen molar-refractivity contribution < 1.29 is 9.53 Å². The molecular weight excluding hydrogens is 428 g/mol. The fourth-order valence-corrected chi connectivity index (χ4v) is 5.37. The summed E-state index contributed by atoms with van der Waals surface area (Å²) in [6.07, 6.45) is 0. The van der Waals surface area contributed by atoms with Crippen molar-refractivity contribution in [2.75, 3.05) is 12.4 Å². The van der Waals surface area contributed by atoms with Gasteiger partial charge in [-0.15, -0.1) is 16.4 Å². The van der Waals surface area contributed by atoms with E-state index in [0.29, 0.717) is 22.4 Å². The lowest BCUT2D eigenvalue weighted by atomic mass is 10.00. The number of ether oxygens (including phenoxy) is 1. The monoisotopic (exact) mass is 446 g/mol. The minimum absolute atomic E-state index is 0.374. The third-order valence-corrected chi connectivity index (χ3v) is 7.03. The fourth-order valence-electron chi connectivity index (χ4n) is 3.23. The van der Waals surface area contributed by atoms with Gasteiger partial charge in [0.25, 0.3) is 0 Å². The molecule has 0 saturated carbocycles. The van der Waals surface area contributed by atoms with E-state index in [9.17, 15) is 4.79 Å². The second-order valence-corrected chi connectivity index (χ2v) is 8.87. The molecule has 29 heavy (non-hydrogen) atoms. The maximum Gasteiger partial charge on any atom is 0.338 e. The zero-order chi connectivity index (χ0) is 20.5. The predicted molar refractivity (Wildman–Crippen MR) is 117 cm³/mol. The lowest BCUT2D eigenvalue weighted by molar-refractivity contribution is -0.136. The topological polar surface area (TPSA) is 69.0 Å². The molecule has 9 heteroatoms. The van der Waals surface area contributed by atoms with Crippen molar-refractivity contribution in [2.24, 2.45) is 0 Å². The molecule has 1 N–H and O–H groups in total. The highest BCUT2D eigenvalue weighted by Crippen LogP contribution is 2.40. The number of hydrogen-bond acceptors (Lipinski definition) is 7. The number of nitrogens with one attached hydrogen (secondary N) is 1. The summed E-state index contributed by atoms with van der Waals surface area (Å²) in [6.45, 7) is 3.89. The Morgan fingerprint density at radius 2 is 2.14 bits per heavy atom. The zero-order valence-electron chi connectivity index (χ0n) is 16.1. The SMILES string of the molecule is COC(=O)C1=C(C)Nc2nc(SCc3ccccc3Cl)nn2C1c1sccc1C. The van der Waals surface area contributed by atoms with Crippen molar-refractivity contribution in [3.05, 3.63) is 68.0 Å². The predicted octanol–water partition coefficient (Wildman–Crippen LogP) is 5.06. The number of thiophene rings is 1. The van der Waals surface area contributed by atoms with Crippen molar-refractivity contribution in [1.29, 1.82) is 0 Å². The van der Waals surface area contributed by atoms with E-state index < -0.39 is 0 Å². The molecule has 1 aliphatic heterocycles. The minimum atomic E-state index is -0.376. The Kier molecular flexibility index (Phi) is 5.67. The molecule has 1 aromatic carbocycles. The molecule has 3 aromatic rings. The molecular formula is C20H19ClN4O2S2. The van der Waals surface area contributed by atoms with Crippen LogP contribution >= 0.6 is 34.7 Å². The molecule has 1 unspecified atom stereocenters. The third kappa shape index (κ3) is 3.80. The molecule has 2 aromatic heterocycles. The van der Waals surface area contributed by atoms with Gasteiger partial charge in [0.05, 0.1) is 12.7 Å². The Labute approximate surface area is 181 Å². The van der Waals surface area contributed by atoms with Crippen LogP contribution in [0.2, 0.25) is 5.02 Å². The molecule has 0 amide bonds. The van der Waals surface area contributed by atoms with Gasteiger partial charge < -0.3 is 10.1 Å². The summed E-state index contributed by atoms with van der Waals surface area (Å²) in [5, 5.41) is 11.3. The van der Waals surface area contributed by atoms with Crippen molar-refractivity contribution in [3.8, 4) is 0 Å². The number of carbonyl (C=O) groups excluding carboxylic acids is 1. The number of carbonyl (C=O) groups is 1. The van der Waals surface area contributed by atoms with E-state index in [2.05, 4.69) is 10.3 Å². The van der Waals surface area contributed by atoms with Gasteiger partial charge in [0, 0.05) is 21.3 Å². The van der Waals surface area contributed by atoms with Gasteiger partial charge in [0.15, 0.2) is 0 Å². The minimum Gasteiger partial charge on any atom is -0.466 e. The maximum atomic E-state index is 12.6. The van der Waals surface area contributed by atoms with E-state index in [1.807, 2.05) is 49.6 Å². The Bertz CT molecular complexity index is 1110. The van der Waals surface area contributed by atoms with Crippen LogP contribution in [-0.4, -0.2) is 27.8 Å². The molecule has 3 heterocycles. The van der Waals surface area contributed by atoms with E-state index in [-0.39, 0.29) is 12.0 Å². The smallest absolute Gasteiger partial charge is 0.338 e. The van der Waals surface area contributed by atoms with Gasteiger partial charge in [-0.2, -0.15) is 4.98 Å². The van der Waals surface area contributed by atoms with Crippen molar-refractivity contribution in [1.82, 2.24) is 14.8 Å². The summed E-state index contributed by atoms with van der Waals surface area (Å²) in [7, 11) is 1.39. The number of benzene rings is 1. The molecule has 0 spiro atoms. The number of fused-ring (bicyclic) bond motifs is 1. The van der Waals surface area contributed by atoms with E-state index in [4.69, 9.17) is 21.4 Å². The quantitative estimate of drug-likeness (QED) is 0.436. The van der Waals surface area contributed by atoms with Gasteiger partial charge in [-0.05, 0) is 42.5 Å². The van der Waals surface area contributed by atoms with E-state index >= 15 is 0 Å². The molecule has 1 atom stereocenters. The van der Waals surface area contributed by atoms with Crippen LogP contribution in [0.4, 0.5) is 5.95 Å². The number of halogens is 1. The Morgan fingerprint density at radius 3 is 2.83 bits per heavy atom. The highest BCUT2D eigenvalue weighted by molar-refractivity contribution is 7.98. The van der Waals surface area contributed by atoms with Crippen LogP contribution in [0.1, 0.15) is 29.0 Å². The first kappa shape index (κ1) is 20.0. The number of allylic oxidation sites excluding steroid dienone is 1. The number of aryl methyl sites for hydroxylation is 1. The highest BCUT2D eigenvalue weighted by atomic mass is 35.5. The number of nitrogens with zero attached hydrogens (tertiary/aromatic N) is 3. The zero-order valence-corrected chi connectivity index (χ0v) is 18.5. The number of thioether (sulfide) groups is 1. The normalized spacial score (nSPS) is 15.8. The summed E-state index contributed by atoms with van der Waals surface area (Å²) >= 11 is 9.36. The second kappa shape index (κ2) is 8.22. The van der Waals surface area contributed by atoms with Gasteiger partial charge in [0.2, 0.25) is 11.1 Å². The number of esters is 1. The number of rotatable bonds is 5. The van der Waals surface area contributed by atoms with Crippen molar-refractivity contribution in [3.63, 3.8) is 0 Å². The third-order valence-electron chi connectivity index (χ3n) is 4.70. The van der Waals surface area contributed by atoms with Crippen LogP contribution in [-0.2, 0) is 15.3 Å². The highest BCUT2D eigenvalue weighted by Gasteiger charge is 2.36. The fraction of sp³-hybridized carbons (Fsp3) is 0.250. The van der Waals surface area contributed by atoms with Gasteiger partial charge in [0.1, 0.15) is 6.04 Å². The molecule has 1 aliphatic rings. The first-order chi connectivity index (χ1) is 14.0. The number of aromatic nitrogens is 3. The standard InChI is InChI=1S/C20H19ClN4O2S2/c1-11-8-9-28-17(11)16-15(18(26)27-3)12(2)22-19-23-20(24-25(16)19)29-10-13-6-4-5-7-14(13)21/h4-9,16H,10H2,1-3H3,(H,22,23,24). The number of anilines is 1. The maximum absolute atomic E-state index is 12.6. The Morgan fingerprint density at radius 1 is 1.34 bits per heavy atom. The van der Waals surface area contributed by atoms with Crippen LogP contribution in [0.15, 0.2) is 52.1 Å². The molecule has 6 nitrogen and oxygen atoms in total. The van der Waals surface area contributed by atoms with E-state index in [1.165, 1.54) is 18.9 Å². The Balaban J connectivity index is 1.70. The van der Waals surface area contributed by atoms with Crippen molar-refractivity contribution in [2.45, 2.75) is 30.8 Å². The van der Waals surface area contributed by atoms with Crippen LogP contribution in [0.5, 0.6) is 0 Å². The van der Waals surface area contributed by atoms with Crippen LogP contribution in [0, 0.1) is 6.92 Å². The van der Waals surface area contributed by atoms with Gasteiger partial charge in [-0.3, -0.25) is 0 Å². The average Bonchev–Trinajstić information content (AvgIpc) is 3.31. The molecule has 150 valence electrons. The first-order valence-corrected chi connectivity index (χ1v) is 11.2. The molecule has 0 fully saturated rings. The molecule has 0 aliphatic carbocycles. The summed E-state index contributed by atoms with van der Waals surface area (Å²) in [4.78, 5) is 18.2. The summed E-state index contributed by atoms with van der Waals surface area (Å²) in [6, 6.07) is 9.39. The molecule has 0 radical (unpaired) electrons. The lowest BCUT2D eigenvalue weighted by Crippen LogP contribution is -2.29. The van der Waals surface area contributed by atoms with E-state index in [0.717, 1.165) is 26.7 Å². The van der Waals surface area contributed by atoms with Crippen LogP contribution < -0.4 is 5.32 Å². The first-order valence-electron chi connectivity index (χ1n) is 8.92. The van der Waals surface area contributed by atoms with Crippen molar-refractivity contribution >= 4 is 46.6 Å². The summed E-state index contributed by atoms with van der Waals surface area (Å²) < 4.78 is 6.83. The van der Waals surface area contributed by atoms with Crippen LogP contribution in [0.25, 0.3) is 0 Å². The molecule has 0 bridgehead atoms. The van der Waals surface area contributed by atoms with E-state index in [1.54, 1.807) is 16.0 Å².